The summed E-state index contributed by atoms with van der Waals surface area (Å²) < 4.78 is 5.46. The van der Waals surface area contributed by atoms with Crippen molar-refractivity contribution in [1.29, 1.82) is 0 Å². The SMILES string of the molecule is C=CC1(OC)C=CC(c2ccccc2)=CC1. The van der Waals surface area contributed by atoms with Gasteiger partial charge in [-0.2, -0.15) is 0 Å². The zero-order valence-corrected chi connectivity index (χ0v) is 9.52. The van der Waals surface area contributed by atoms with Gasteiger partial charge in [0.2, 0.25) is 0 Å². The van der Waals surface area contributed by atoms with E-state index in [1.165, 1.54) is 11.1 Å². The Labute approximate surface area is 96.8 Å². The Kier molecular flexibility index (Phi) is 3.07. The molecule has 0 fully saturated rings. The first-order valence-electron chi connectivity index (χ1n) is 5.43. The fraction of sp³-hybridized carbons (Fsp3) is 0.200. The van der Waals surface area contributed by atoms with E-state index in [1.807, 2.05) is 12.1 Å². The van der Waals surface area contributed by atoms with Crippen LogP contribution >= 0.6 is 0 Å². The highest BCUT2D eigenvalue weighted by Crippen LogP contribution is 2.29. The fourth-order valence-electron chi connectivity index (χ4n) is 1.87. The first-order chi connectivity index (χ1) is 7.79. The van der Waals surface area contributed by atoms with E-state index in [0.717, 1.165) is 6.42 Å². The van der Waals surface area contributed by atoms with E-state index in [9.17, 15) is 0 Å². The summed E-state index contributed by atoms with van der Waals surface area (Å²) in [5, 5.41) is 0. The van der Waals surface area contributed by atoms with Gasteiger partial charge in [0.1, 0.15) is 5.60 Å². The zero-order chi connectivity index (χ0) is 11.4. The summed E-state index contributed by atoms with van der Waals surface area (Å²) in [6.45, 7) is 3.82. The van der Waals surface area contributed by atoms with Crippen molar-refractivity contribution in [2.45, 2.75) is 12.0 Å². The highest BCUT2D eigenvalue weighted by Gasteiger charge is 2.23. The van der Waals surface area contributed by atoms with Crippen LogP contribution < -0.4 is 0 Å². The van der Waals surface area contributed by atoms with Crippen molar-refractivity contribution in [2.75, 3.05) is 7.11 Å². The normalized spacial score (nSPS) is 23.9. The number of ether oxygens (including phenoxy) is 1. The molecule has 0 saturated carbocycles. The van der Waals surface area contributed by atoms with Crippen molar-refractivity contribution < 1.29 is 4.74 Å². The second-order valence-electron chi connectivity index (χ2n) is 3.93. The summed E-state index contributed by atoms with van der Waals surface area (Å²) in [6, 6.07) is 10.4. The molecular formula is C15H16O. The topological polar surface area (TPSA) is 9.23 Å². The van der Waals surface area contributed by atoms with Gasteiger partial charge in [-0.05, 0) is 17.2 Å². The lowest BCUT2D eigenvalue weighted by Gasteiger charge is -2.27. The van der Waals surface area contributed by atoms with Gasteiger partial charge in [-0.15, -0.1) is 0 Å². The number of rotatable bonds is 3. The standard InChI is InChI=1S/C15H16O/c1-3-15(16-2)11-9-14(10-12-15)13-7-5-4-6-8-13/h3-11H,1,12H2,2H3. The molecule has 0 bridgehead atoms. The van der Waals surface area contributed by atoms with Crippen LogP contribution in [0.3, 0.4) is 0 Å². The van der Waals surface area contributed by atoms with Crippen LogP contribution in [0.25, 0.3) is 5.57 Å². The van der Waals surface area contributed by atoms with E-state index in [1.54, 1.807) is 7.11 Å². The quantitative estimate of drug-likeness (QED) is 0.695. The molecule has 1 aromatic rings. The molecule has 0 N–H and O–H groups in total. The van der Waals surface area contributed by atoms with Gasteiger partial charge in [-0.3, -0.25) is 0 Å². The molecule has 1 aliphatic rings. The maximum Gasteiger partial charge on any atom is 0.107 e. The molecule has 16 heavy (non-hydrogen) atoms. The van der Waals surface area contributed by atoms with Crippen molar-refractivity contribution in [2.24, 2.45) is 0 Å². The Morgan fingerprint density at radius 3 is 2.56 bits per heavy atom. The van der Waals surface area contributed by atoms with Gasteiger partial charge in [0.25, 0.3) is 0 Å². The minimum atomic E-state index is -0.321. The first-order valence-corrected chi connectivity index (χ1v) is 5.43. The third kappa shape index (κ3) is 2.00. The number of hydrogen-bond acceptors (Lipinski definition) is 1. The van der Waals surface area contributed by atoms with Gasteiger partial charge in [0.15, 0.2) is 0 Å². The average Bonchev–Trinajstić information content (AvgIpc) is 2.40. The van der Waals surface area contributed by atoms with Crippen LogP contribution in [0.4, 0.5) is 0 Å². The molecule has 82 valence electrons. The third-order valence-electron chi connectivity index (χ3n) is 3.02. The third-order valence-corrected chi connectivity index (χ3v) is 3.02. The summed E-state index contributed by atoms with van der Waals surface area (Å²) in [6.07, 6.45) is 9.06. The van der Waals surface area contributed by atoms with Gasteiger partial charge in [-0.25, -0.2) is 0 Å². The van der Waals surface area contributed by atoms with Crippen LogP contribution in [0.15, 0.2) is 61.2 Å². The van der Waals surface area contributed by atoms with Crippen molar-refractivity contribution in [3.63, 3.8) is 0 Å². The van der Waals surface area contributed by atoms with Crippen LogP contribution in [-0.4, -0.2) is 12.7 Å². The van der Waals surface area contributed by atoms with E-state index in [0.29, 0.717) is 0 Å². The first kappa shape index (κ1) is 10.9. The summed E-state index contributed by atoms with van der Waals surface area (Å²) in [5.41, 5.74) is 2.17. The molecule has 2 rings (SSSR count). The molecule has 1 heteroatoms. The number of hydrogen-bond donors (Lipinski definition) is 0. The molecule has 0 radical (unpaired) electrons. The fourth-order valence-corrected chi connectivity index (χ4v) is 1.87. The minimum Gasteiger partial charge on any atom is -0.370 e. The average molecular weight is 212 g/mol. The highest BCUT2D eigenvalue weighted by atomic mass is 16.5. The number of allylic oxidation sites excluding steroid dienone is 2. The molecular weight excluding hydrogens is 196 g/mol. The van der Waals surface area contributed by atoms with Crippen molar-refractivity contribution >= 4 is 5.57 Å². The smallest absolute Gasteiger partial charge is 0.107 e. The van der Waals surface area contributed by atoms with Crippen LogP contribution in [0.5, 0.6) is 0 Å². The Bertz CT molecular complexity index is 428. The van der Waals surface area contributed by atoms with Crippen LogP contribution in [0.1, 0.15) is 12.0 Å². The second kappa shape index (κ2) is 4.50. The summed E-state index contributed by atoms with van der Waals surface area (Å²) in [7, 11) is 1.72. The van der Waals surface area contributed by atoms with Gasteiger partial charge < -0.3 is 4.74 Å². The van der Waals surface area contributed by atoms with Crippen molar-refractivity contribution in [1.82, 2.24) is 0 Å². The molecule has 1 atom stereocenters. The predicted octanol–water partition coefficient (Wildman–Crippen LogP) is 3.60. The van der Waals surface area contributed by atoms with E-state index < -0.39 is 0 Å². The second-order valence-corrected chi connectivity index (χ2v) is 3.93. The molecule has 0 heterocycles. The minimum absolute atomic E-state index is 0.321. The summed E-state index contributed by atoms with van der Waals surface area (Å²) >= 11 is 0. The van der Waals surface area contributed by atoms with E-state index in [-0.39, 0.29) is 5.60 Å². The maximum atomic E-state index is 5.46. The van der Waals surface area contributed by atoms with Gasteiger partial charge in [0.05, 0.1) is 0 Å². The van der Waals surface area contributed by atoms with Gasteiger partial charge >= 0.3 is 0 Å². The maximum absolute atomic E-state index is 5.46. The lowest BCUT2D eigenvalue weighted by atomic mass is 9.89. The van der Waals surface area contributed by atoms with Gasteiger partial charge in [-0.1, -0.05) is 55.1 Å². The lowest BCUT2D eigenvalue weighted by molar-refractivity contribution is 0.0765. The van der Waals surface area contributed by atoms with Crippen LogP contribution in [0.2, 0.25) is 0 Å². The molecule has 1 unspecified atom stereocenters. The lowest BCUT2D eigenvalue weighted by Crippen LogP contribution is -2.26. The van der Waals surface area contributed by atoms with Crippen LogP contribution in [-0.2, 0) is 4.74 Å². The molecule has 1 aromatic carbocycles. The Morgan fingerprint density at radius 1 is 1.31 bits per heavy atom. The largest absolute Gasteiger partial charge is 0.370 e. The Morgan fingerprint density at radius 2 is 2.06 bits per heavy atom. The number of methoxy groups -OCH3 is 1. The Balaban J connectivity index is 2.23. The summed E-state index contributed by atoms with van der Waals surface area (Å²) in [5.74, 6) is 0. The van der Waals surface area contributed by atoms with E-state index >= 15 is 0 Å². The van der Waals surface area contributed by atoms with E-state index in [4.69, 9.17) is 4.74 Å². The molecule has 0 saturated heterocycles. The molecule has 0 spiro atoms. The summed E-state index contributed by atoms with van der Waals surface area (Å²) in [4.78, 5) is 0. The molecule has 0 aromatic heterocycles. The predicted molar refractivity (Wildman–Crippen MR) is 68.1 cm³/mol. The molecule has 0 amide bonds. The van der Waals surface area contributed by atoms with Crippen LogP contribution in [0, 0.1) is 0 Å². The van der Waals surface area contributed by atoms with E-state index in [2.05, 4.69) is 49.1 Å². The molecule has 0 aliphatic heterocycles. The van der Waals surface area contributed by atoms with Crippen molar-refractivity contribution in [3.05, 3.63) is 66.8 Å². The monoisotopic (exact) mass is 212 g/mol. The zero-order valence-electron chi connectivity index (χ0n) is 9.52. The van der Waals surface area contributed by atoms with Crippen molar-refractivity contribution in [3.8, 4) is 0 Å². The highest BCUT2D eigenvalue weighted by molar-refractivity contribution is 5.75. The van der Waals surface area contributed by atoms with Gasteiger partial charge in [0, 0.05) is 13.5 Å². The number of benzene rings is 1. The Hall–Kier alpha value is -1.60. The molecule has 1 aliphatic carbocycles. The molecule has 1 nitrogen and oxygen atoms in total.